The summed E-state index contributed by atoms with van der Waals surface area (Å²) in [7, 11) is 1.56. The number of methoxy groups -OCH3 is 1. The number of furan rings is 1. The van der Waals surface area contributed by atoms with E-state index in [4.69, 9.17) is 13.6 Å². The van der Waals surface area contributed by atoms with Crippen LogP contribution in [0.1, 0.15) is 11.3 Å². The largest absolute Gasteiger partial charge is 0.497 e. The van der Waals surface area contributed by atoms with Gasteiger partial charge in [-0.2, -0.15) is 0 Å². The van der Waals surface area contributed by atoms with E-state index in [9.17, 15) is 14.4 Å². The molecule has 1 aromatic carbocycles. The van der Waals surface area contributed by atoms with Crippen molar-refractivity contribution in [2.45, 2.75) is 13.3 Å². The summed E-state index contributed by atoms with van der Waals surface area (Å²) in [6.45, 7) is 1.39. The molecule has 33 heavy (non-hydrogen) atoms. The summed E-state index contributed by atoms with van der Waals surface area (Å²) in [5.74, 6) is 0.923. The number of aromatic nitrogens is 1. The summed E-state index contributed by atoms with van der Waals surface area (Å²) in [4.78, 5) is 41.4. The average Bonchev–Trinajstić information content (AvgIpc) is 3.16. The third kappa shape index (κ3) is 4.93. The third-order valence-corrected chi connectivity index (χ3v) is 4.89. The van der Waals surface area contributed by atoms with Gasteiger partial charge < -0.3 is 24.2 Å². The Bertz CT molecular complexity index is 1360. The lowest BCUT2D eigenvalue weighted by Crippen LogP contribution is -2.34. The Morgan fingerprint density at radius 2 is 1.85 bits per heavy atom. The maximum absolute atomic E-state index is 12.7. The molecule has 9 heteroatoms. The molecule has 0 spiro atoms. The minimum atomic E-state index is -0.593. The number of hydrogen-bond donors (Lipinski definition) is 2. The number of carbonyl (C=O) groups excluding carboxylic acids is 2. The summed E-state index contributed by atoms with van der Waals surface area (Å²) < 4.78 is 16.4. The number of carbonyl (C=O) groups is 2. The van der Waals surface area contributed by atoms with Crippen molar-refractivity contribution in [2.24, 2.45) is 0 Å². The maximum atomic E-state index is 12.7. The molecule has 3 aromatic heterocycles. The molecular weight excluding hydrogens is 426 g/mol. The Labute approximate surface area is 188 Å². The normalized spacial score (nSPS) is 10.7. The molecule has 2 N–H and O–H groups in total. The molecule has 0 aliphatic rings. The van der Waals surface area contributed by atoms with E-state index in [2.05, 4.69) is 15.6 Å². The average molecular weight is 447 g/mol. The zero-order valence-corrected chi connectivity index (χ0v) is 18.0. The van der Waals surface area contributed by atoms with E-state index in [-0.39, 0.29) is 18.4 Å². The van der Waals surface area contributed by atoms with Crippen molar-refractivity contribution < 1.29 is 23.2 Å². The standard InChI is InChI=1S/C24H21N3O6/c1-14-11-18-22(24(30)32-14)17(23(33-18)15-6-8-16(31-2)9-7-15)12-20(28)26-13-21(29)27-19-5-3-4-10-25-19/h3-11H,12-13H2,1-2H3,(H,26,28)(H,25,27,29). The van der Waals surface area contributed by atoms with E-state index in [1.807, 2.05) is 0 Å². The zero-order chi connectivity index (χ0) is 23.4. The number of pyridine rings is 1. The Morgan fingerprint density at radius 1 is 1.06 bits per heavy atom. The van der Waals surface area contributed by atoms with Gasteiger partial charge in [-0.15, -0.1) is 0 Å². The van der Waals surface area contributed by atoms with Gasteiger partial charge in [0.15, 0.2) is 0 Å². The minimum absolute atomic E-state index is 0.181. The number of anilines is 1. The van der Waals surface area contributed by atoms with Crippen LogP contribution >= 0.6 is 0 Å². The molecule has 0 radical (unpaired) electrons. The van der Waals surface area contributed by atoms with Crippen LogP contribution in [0.25, 0.3) is 22.3 Å². The molecule has 9 nitrogen and oxygen atoms in total. The lowest BCUT2D eigenvalue weighted by atomic mass is 10.0. The first-order valence-corrected chi connectivity index (χ1v) is 10.1. The first kappa shape index (κ1) is 21.8. The molecule has 2 amide bonds. The number of benzene rings is 1. The summed E-state index contributed by atoms with van der Waals surface area (Å²) in [6.07, 6.45) is 1.37. The topological polar surface area (TPSA) is 124 Å². The highest BCUT2D eigenvalue weighted by Gasteiger charge is 2.22. The smallest absolute Gasteiger partial charge is 0.347 e. The van der Waals surface area contributed by atoms with Crippen LogP contribution in [-0.2, 0) is 16.0 Å². The van der Waals surface area contributed by atoms with Gasteiger partial charge in [-0.3, -0.25) is 9.59 Å². The quantitative estimate of drug-likeness (QED) is 0.446. The molecular formula is C24H21N3O6. The highest BCUT2D eigenvalue weighted by Crippen LogP contribution is 2.33. The van der Waals surface area contributed by atoms with E-state index >= 15 is 0 Å². The number of hydrogen-bond acceptors (Lipinski definition) is 7. The van der Waals surface area contributed by atoms with Gasteiger partial charge in [-0.1, -0.05) is 6.07 Å². The van der Waals surface area contributed by atoms with Crippen molar-refractivity contribution in [2.75, 3.05) is 19.0 Å². The van der Waals surface area contributed by atoms with Crippen LogP contribution < -0.4 is 21.0 Å². The summed E-state index contributed by atoms with van der Waals surface area (Å²) >= 11 is 0. The maximum Gasteiger partial charge on any atom is 0.347 e. The van der Waals surface area contributed by atoms with Crippen molar-refractivity contribution in [1.29, 1.82) is 0 Å². The second-order valence-electron chi connectivity index (χ2n) is 7.24. The van der Waals surface area contributed by atoms with Gasteiger partial charge >= 0.3 is 5.63 Å². The second-order valence-corrected chi connectivity index (χ2v) is 7.24. The fourth-order valence-corrected chi connectivity index (χ4v) is 3.39. The minimum Gasteiger partial charge on any atom is -0.497 e. The SMILES string of the molecule is COc1ccc(-c2oc3cc(C)oc(=O)c3c2CC(=O)NCC(=O)Nc2ccccn2)cc1. The van der Waals surface area contributed by atoms with E-state index in [0.717, 1.165) is 0 Å². The van der Waals surface area contributed by atoms with Crippen molar-refractivity contribution >= 4 is 28.6 Å². The number of aryl methyl sites for hydroxylation is 1. The number of amides is 2. The van der Waals surface area contributed by atoms with Gasteiger partial charge in [-0.25, -0.2) is 9.78 Å². The molecule has 0 aliphatic heterocycles. The molecule has 0 atom stereocenters. The van der Waals surface area contributed by atoms with Crippen LogP contribution in [0.4, 0.5) is 5.82 Å². The van der Waals surface area contributed by atoms with E-state index < -0.39 is 17.4 Å². The van der Waals surface area contributed by atoms with Crippen molar-refractivity contribution in [1.82, 2.24) is 10.3 Å². The first-order chi connectivity index (χ1) is 15.9. The lowest BCUT2D eigenvalue weighted by Gasteiger charge is -2.07. The van der Waals surface area contributed by atoms with Crippen LogP contribution in [0, 0.1) is 6.92 Å². The molecule has 0 fully saturated rings. The van der Waals surface area contributed by atoms with Gasteiger partial charge in [0, 0.05) is 23.4 Å². The second kappa shape index (κ2) is 9.39. The molecule has 168 valence electrons. The monoisotopic (exact) mass is 447 g/mol. The fraction of sp³-hybridized carbons (Fsp3) is 0.167. The van der Waals surface area contributed by atoms with Gasteiger partial charge in [0.2, 0.25) is 11.8 Å². The molecule has 0 saturated heterocycles. The van der Waals surface area contributed by atoms with Gasteiger partial charge in [0.1, 0.15) is 34.1 Å². The molecule has 3 heterocycles. The van der Waals surface area contributed by atoms with Crippen molar-refractivity contribution in [3.05, 3.63) is 76.5 Å². The van der Waals surface area contributed by atoms with E-state index in [1.165, 1.54) is 0 Å². The fourth-order valence-electron chi connectivity index (χ4n) is 3.39. The van der Waals surface area contributed by atoms with Crippen molar-refractivity contribution in [3.8, 4) is 17.1 Å². The highest BCUT2D eigenvalue weighted by atomic mass is 16.5. The summed E-state index contributed by atoms with van der Waals surface area (Å²) in [5.41, 5.74) is 0.778. The molecule has 0 aliphatic carbocycles. The van der Waals surface area contributed by atoms with Gasteiger partial charge in [-0.05, 0) is 43.3 Å². The van der Waals surface area contributed by atoms with E-state index in [0.29, 0.717) is 39.8 Å². The first-order valence-electron chi connectivity index (χ1n) is 10.1. The molecule has 0 bridgehead atoms. The van der Waals surface area contributed by atoms with Gasteiger partial charge in [0.25, 0.3) is 0 Å². The summed E-state index contributed by atoms with van der Waals surface area (Å²) in [6, 6.07) is 13.7. The number of ether oxygens (including phenoxy) is 1. The predicted molar refractivity (Wildman–Crippen MR) is 121 cm³/mol. The van der Waals surface area contributed by atoms with Crippen LogP contribution in [-0.4, -0.2) is 30.5 Å². The van der Waals surface area contributed by atoms with Crippen LogP contribution in [0.3, 0.4) is 0 Å². The Balaban J connectivity index is 1.58. The Kier molecular flexibility index (Phi) is 6.21. The number of rotatable bonds is 7. The van der Waals surface area contributed by atoms with Crippen LogP contribution in [0.15, 0.2) is 68.4 Å². The number of fused-ring (bicyclic) bond motifs is 1. The Hall–Kier alpha value is -4.40. The molecule has 4 rings (SSSR count). The third-order valence-electron chi connectivity index (χ3n) is 4.89. The van der Waals surface area contributed by atoms with E-state index in [1.54, 1.807) is 68.8 Å². The van der Waals surface area contributed by atoms with Crippen LogP contribution in [0.2, 0.25) is 0 Å². The number of nitrogens with one attached hydrogen (secondary N) is 2. The molecule has 0 saturated carbocycles. The number of nitrogens with zero attached hydrogens (tertiary/aromatic N) is 1. The predicted octanol–water partition coefficient (Wildman–Crippen LogP) is 3.06. The lowest BCUT2D eigenvalue weighted by molar-refractivity contribution is -0.123. The molecule has 0 unspecified atom stereocenters. The van der Waals surface area contributed by atoms with Crippen molar-refractivity contribution in [3.63, 3.8) is 0 Å². The highest BCUT2D eigenvalue weighted by molar-refractivity contribution is 5.96. The zero-order valence-electron chi connectivity index (χ0n) is 18.0. The van der Waals surface area contributed by atoms with Crippen LogP contribution in [0.5, 0.6) is 5.75 Å². The molecule has 4 aromatic rings. The Morgan fingerprint density at radius 3 is 2.55 bits per heavy atom. The summed E-state index contributed by atoms with van der Waals surface area (Å²) in [5, 5.41) is 5.34. The van der Waals surface area contributed by atoms with Gasteiger partial charge in [0.05, 0.1) is 20.1 Å².